The molecule has 110 valence electrons. The highest BCUT2D eigenvalue weighted by atomic mass is 35.5. The standard InChI is InChI=1S/C14H20ClN3O2/c15-13-3-1-12(2-4-13)11-18-7-5-17(6-8-18)9-10-20-14(16)19/h1-4H,5-11H2,(H2,16,19). The summed E-state index contributed by atoms with van der Waals surface area (Å²) in [6.45, 7) is 6.05. The summed E-state index contributed by atoms with van der Waals surface area (Å²) in [6, 6.07) is 7.98. The van der Waals surface area contributed by atoms with Crippen molar-refractivity contribution in [3.63, 3.8) is 0 Å². The number of piperazine rings is 1. The molecular weight excluding hydrogens is 278 g/mol. The Morgan fingerprint density at radius 2 is 1.75 bits per heavy atom. The van der Waals surface area contributed by atoms with Gasteiger partial charge in [0.05, 0.1) is 0 Å². The van der Waals surface area contributed by atoms with Crippen LogP contribution in [0.2, 0.25) is 5.02 Å². The third-order valence-corrected chi connectivity index (χ3v) is 3.69. The monoisotopic (exact) mass is 297 g/mol. The summed E-state index contributed by atoms with van der Waals surface area (Å²) < 4.78 is 4.75. The number of nitrogens with two attached hydrogens (primary N) is 1. The topological polar surface area (TPSA) is 58.8 Å². The molecule has 1 amide bonds. The van der Waals surface area contributed by atoms with Crippen molar-refractivity contribution < 1.29 is 9.53 Å². The number of hydrogen-bond acceptors (Lipinski definition) is 4. The molecule has 20 heavy (non-hydrogen) atoms. The summed E-state index contributed by atoms with van der Waals surface area (Å²) in [5.41, 5.74) is 6.21. The molecule has 6 heteroatoms. The molecule has 0 bridgehead atoms. The van der Waals surface area contributed by atoms with E-state index in [2.05, 4.69) is 21.9 Å². The second-order valence-corrected chi connectivity index (χ2v) is 5.35. The molecule has 1 aliphatic rings. The van der Waals surface area contributed by atoms with Crippen molar-refractivity contribution >= 4 is 17.7 Å². The fraction of sp³-hybridized carbons (Fsp3) is 0.500. The molecular formula is C14H20ClN3O2. The van der Waals surface area contributed by atoms with Crippen molar-refractivity contribution in [3.05, 3.63) is 34.9 Å². The maximum Gasteiger partial charge on any atom is 0.404 e. The maximum atomic E-state index is 10.5. The number of ether oxygens (including phenoxy) is 1. The third-order valence-electron chi connectivity index (χ3n) is 3.44. The van der Waals surface area contributed by atoms with Crippen LogP contribution in [0.3, 0.4) is 0 Å². The van der Waals surface area contributed by atoms with Gasteiger partial charge >= 0.3 is 6.09 Å². The molecule has 0 saturated carbocycles. The minimum Gasteiger partial charge on any atom is -0.448 e. The SMILES string of the molecule is NC(=O)OCCN1CCN(Cc2ccc(Cl)cc2)CC1. The van der Waals surface area contributed by atoms with Crippen LogP contribution in [0.15, 0.2) is 24.3 Å². The third kappa shape index (κ3) is 5.00. The molecule has 0 aliphatic carbocycles. The average molecular weight is 298 g/mol. The predicted molar refractivity (Wildman–Crippen MR) is 78.7 cm³/mol. The van der Waals surface area contributed by atoms with Crippen LogP contribution in [0.4, 0.5) is 4.79 Å². The Labute approximate surface area is 124 Å². The molecule has 1 fully saturated rings. The van der Waals surface area contributed by atoms with Gasteiger partial charge in [-0.3, -0.25) is 9.80 Å². The molecule has 0 unspecified atom stereocenters. The molecule has 0 aromatic heterocycles. The molecule has 0 spiro atoms. The lowest BCUT2D eigenvalue weighted by atomic mass is 10.2. The highest BCUT2D eigenvalue weighted by molar-refractivity contribution is 6.30. The summed E-state index contributed by atoms with van der Waals surface area (Å²) in [7, 11) is 0. The van der Waals surface area contributed by atoms with Gasteiger partial charge in [0.25, 0.3) is 0 Å². The van der Waals surface area contributed by atoms with Crippen LogP contribution >= 0.6 is 11.6 Å². The van der Waals surface area contributed by atoms with Crippen molar-refractivity contribution in [2.75, 3.05) is 39.3 Å². The van der Waals surface area contributed by atoms with Crippen molar-refractivity contribution in [3.8, 4) is 0 Å². The first-order valence-corrected chi connectivity index (χ1v) is 7.12. The normalized spacial score (nSPS) is 17.1. The van der Waals surface area contributed by atoms with E-state index in [0.29, 0.717) is 6.61 Å². The van der Waals surface area contributed by atoms with Gasteiger partial charge < -0.3 is 10.5 Å². The van der Waals surface area contributed by atoms with E-state index in [1.165, 1.54) is 5.56 Å². The average Bonchev–Trinajstić information content (AvgIpc) is 2.43. The largest absolute Gasteiger partial charge is 0.448 e. The van der Waals surface area contributed by atoms with E-state index in [1.54, 1.807) is 0 Å². The van der Waals surface area contributed by atoms with Crippen LogP contribution in [0, 0.1) is 0 Å². The van der Waals surface area contributed by atoms with Crippen molar-refractivity contribution in [2.24, 2.45) is 5.73 Å². The number of rotatable bonds is 5. The van der Waals surface area contributed by atoms with E-state index < -0.39 is 6.09 Å². The van der Waals surface area contributed by atoms with Gasteiger partial charge in [-0.2, -0.15) is 0 Å². The van der Waals surface area contributed by atoms with Crippen molar-refractivity contribution in [1.29, 1.82) is 0 Å². The Hall–Kier alpha value is -1.30. The van der Waals surface area contributed by atoms with Crippen molar-refractivity contribution in [1.82, 2.24) is 9.80 Å². The summed E-state index contributed by atoms with van der Waals surface area (Å²) in [4.78, 5) is 15.2. The lowest BCUT2D eigenvalue weighted by Gasteiger charge is -2.34. The highest BCUT2D eigenvalue weighted by Gasteiger charge is 2.16. The van der Waals surface area contributed by atoms with E-state index in [0.717, 1.165) is 44.3 Å². The number of carbonyl (C=O) groups is 1. The van der Waals surface area contributed by atoms with Crippen LogP contribution in [-0.2, 0) is 11.3 Å². The summed E-state index contributed by atoms with van der Waals surface area (Å²) in [5.74, 6) is 0. The smallest absolute Gasteiger partial charge is 0.404 e. The number of amides is 1. The molecule has 0 radical (unpaired) electrons. The number of nitrogens with zero attached hydrogens (tertiary/aromatic N) is 2. The lowest BCUT2D eigenvalue weighted by molar-refractivity contribution is 0.0960. The summed E-state index contributed by atoms with van der Waals surface area (Å²) in [5, 5.41) is 0.771. The number of hydrogen-bond donors (Lipinski definition) is 1. The van der Waals surface area contributed by atoms with Crippen LogP contribution in [-0.4, -0.2) is 55.2 Å². The second-order valence-electron chi connectivity index (χ2n) is 4.91. The van der Waals surface area contributed by atoms with Crippen LogP contribution < -0.4 is 5.73 Å². The Morgan fingerprint density at radius 1 is 1.15 bits per heavy atom. The summed E-state index contributed by atoms with van der Waals surface area (Å²) >= 11 is 5.88. The van der Waals surface area contributed by atoms with Gasteiger partial charge in [0.15, 0.2) is 0 Å². The molecule has 1 aliphatic heterocycles. The zero-order valence-electron chi connectivity index (χ0n) is 11.4. The number of benzene rings is 1. The number of halogens is 1. The van der Waals surface area contributed by atoms with E-state index in [-0.39, 0.29) is 0 Å². The van der Waals surface area contributed by atoms with Gasteiger partial charge in [0, 0.05) is 44.3 Å². The van der Waals surface area contributed by atoms with E-state index in [9.17, 15) is 4.79 Å². The maximum absolute atomic E-state index is 10.5. The first-order valence-electron chi connectivity index (χ1n) is 6.75. The predicted octanol–water partition coefficient (Wildman–Crippen LogP) is 1.55. The highest BCUT2D eigenvalue weighted by Crippen LogP contribution is 2.12. The Kier molecular flexibility index (Phi) is 5.64. The zero-order valence-corrected chi connectivity index (χ0v) is 12.2. The van der Waals surface area contributed by atoms with Crippen LogP contribution in [0.1, 0.15) is 5.56 Å². The molecule has 0 atom stereocenters. The minimum absolute atomic E-state index is 0.368. The second kappa shape index (κ2) is 7.47. The van der Waals surface area contributed by atoms with Gasteiger partial charge in [-0.1, -0.05) is 23.7 Å². The number of primary amides is 1. The molecule has 1 saturated heterocycles. The first-order chi connectivity index (χ1) is 9.63. The van der Waals surface area contributed by atoms with Crippen molar-refractivity contribution in [2.45, 2.75) is 6.54 Å². The van der Waals surface area contributed by atoms with E-state index in [1.807, 2.05) is 12.1 Å². The zero-order chi connectivity index (χ0) is 14.4. The molecule has 2 rings (SSSR count). The minimum atomic E-state index is -0.702. The van der Waals surface area contributed by atoms with Crippen LogP contribution in [0.5, 0.6) is 0 Å². The fourth-order valence-corrected chi connectivity index (χ4v) is 2.42. The quantitative estimate of drug-likeness (QED) is 0.896. The molecule has 1 aromatic carbocycles. The van der Waals surface area contributed by atoms with Gasteiger partial charge in [-0.15, -0.1) is 0 Å². The van der Waals surface area contributed by atoms with Gasteiger partial charge in [0.2, 0.25) is 0 Å². The molecule has 1 aromatic rings. The van der Waals surface area contributed by atoms with Gasteiger partial charge in [-0.25, -0.2) is 4.79 Å². The van der Waals surface area contributed by atoms with E-state index >= 15 is 0 Å². The summed E-state index contributed by atoms with van der Waals surface area (Å²) in [6.07, 6.45) is -0.702. The van der Waals surface area contributed by atoms with Gasteiger partial charge in [-0.05, 0) is 17.7 Å². The Morgan fingerprint density at radius 3 is 2.35 bits per heavy atom. The molecule has 1 heterocycles. The Bertz CT molecular complexity index is 431. The molecule has 5 nitrogen and oxygen atoms in total. The molecule has 2 N–H and O–H groups in total. The van der Waals surface area contributed by atoms with E-state index in [4.69, 9.17) is 22.1 Å². The Balaban J connectivity index is 1.68. The first kappa shape index (κ1) is 15.1. The lowest BCUT2D eigenvalue weighted by Crippen LogP contribution is -2.46. The number of carbonyl (C=O) groups excluding carboxylic acids is 1. The van der Waals surface area contributed by atoms with Crippen LogP contribution in [0.25, 0.3) is 0 Å². The fourth-order valence-electron chi connectivity index (χ4n) is 2.29. The van der Waals surface area contributed by atoms with Gasteiger partial charge in [0.1, 0.15) is 6.61 Å².